The third-order valence-electron chi connectivity index (χ3n) is 3.39. The molecule has 5 heteroatoms. The fourth-order valence-electron chi connectivity index (χ4n) is 2.41. The average Bonchev–Trinajstić information content (AvgIpc) is 3.08. The number of hydrogen-bond donors (Lipinski definition) is 1. The number of aromatic nitrogens is 3. The number of benzene rings is 1. The highest BCUT2D eigenvalue weighted by atomic mass is 16.4. The van der Waals surface area contributed by atoms with Crippen LogP contribution in [0.5, 0.6) is 0 Å². The van der Waals surface area contributed by atoms with Gasteiger partial charge in [-0.15, -0.1) is 10.2 Å². The minimum atomic E-state index is 0.611. The van der Waals surface area contributed by atoms with Gasteiger partial charge in [-0.25, -0.2) is 0 Å². The maximum absolute atomic E-state index is 5.58. The summed E-state index contributed by atoms with van der Waals surface area (Å²) in [5.74, 6) is 1.34. The Morgan fingerprint density at radius 2 is 2.05 bits per heavy atom. The molecule has 2 aromatic heterocycles. The van der Waals surface area contributed by atoms with Gasteiger partial charge in [0.15, 0.2) is 0 Å². The first kappa shape index (κ1) is 12.9. The summed E-state index contributed by atoms with van der Waals surface area (Å²) in [6.45, 7) is 3.48. The number of fused-ring (bicyclic) bond motifs is 1. The van der Waals surface area contributed by atoms with Crippen LogP contribution in [0.1, 0.15) is 24.3 Å². The second-order valence-corrected chi connectivity index (χ2v) is 4.77. The lowest BCUT2D eigenvalue weighted by atomic mass is 10.1. The topological polar surface area (TPSA) is 55.9 Å². The molecule has 20 heavy (non-hydrogen) atoms. The fraction of sp³-hybridized carbons (Fsp3) is 0.333. The van der Waals surface area contributed by atoms with Crippen molar-refractivity contribution in [3.63, 3.8) is 0 Å². The van der Waals surface area contributed by atoms with E-state index in [1.807, 2.05) is 14.0 Å². The Bertz CT molecular complexity index is 714. The zero-order valence-electron chi connectivity index (χ0n) is 11.8. The monoisotopic (exact) mass is 270 g/mol. The van der Waals surface area contributed by atoms with Crippen molar-refractivity contribution in [1.82, 2.24) is 20.1 Å². The molecule has 3 aromatic rings. The minimum Gasteiger partial charge on any atom is -0.423 e. The molecule has 104 valence electrons. The van der Waals surface area contributed by atoms with Gasteiger partial charge >= 0.3 is 0 Å². The zero-order chi connectivity index (χ0) is 13.9. The normalized spacial score (nSPS) is 11.3. The number of aryl methyl sites for hydroxylation is 1. The predicted molar refractivity (Wildman–Crippen MR) is 77.5 cm³/mol. The number of hydrogen-bond acceptors (Lipinski definition) is 4. The Morgan fingerprint density at radius 3 is 2.80 bits per heavy atom. The van der Waals surface area contributed by atoms with Crippen LogP contribution in [-0.2, 0) is 19.5 Å². The molecule has 0 amide bonds. The molecule has 0 radical (unpaired) electrons. The van der Waals surface area contributed by atoms with Crippen LogP contribution in [-0.4, -0.2) is 21.8 Å². The van der Waals surface area contributed by atoms with Crippen LogP contribution < -0.4 is 5.32 Å². The van der Waals surface area contributed by atoms with Crippen molar-refractivity contribution < 1.29 is 4.42 Å². The first-order valence-corrected chi connectivity index (χ1v) is 6.84. The van der Waals surface area contributed by atoms with Crippen molar-refractivity contribution in [3.05, 3.63) is 47.8 Å². The Morgan fingerprint density at radius 1 is 1.20 bits per heavy atom. The van der Waals surface area contributed by atoms with E-state index < -0.39 is 0 Å². The van der Waals surface area contributed by atoms with Gasteiger partial charge in [-0.05, 0) is 24.7 Å². The van der Waals surface area contributed by atoms with E-state index in [9.17, 15) is 0 Å². The van der Waals surface area contributed by atoms with Gasteiger partial charge < -0.3 is 14.3 Å². The summed E-state index contributed by atoms with van der Waals surface area (Å²) in [4.78, 5) is 0. The van der Waals surface area contributed by atoms with Crippen LogP contribution in [0, 0.1) is 0 Å². The molecule has 2 heterocycles. The van der Waals surface area contributed by atoms with Gasteiger partial charge in [0.2, 0.25) is 11.8 Å². The highest BCUT2D eigenvalue weighted by Crippen LogP contribution is 2.21. The molecule has 0 bridgehead atoms. The van der Waals surface area contributed by atoms with Gasteiger partial charge in [-0.1, -0.05) is 19.1 Å². The van der Waals surface area contributed by atoms with Crippen LogP contribution in [0.25, 0.3) is 10.9 Å². The SMILES string of the molecule is CCc1nnc(Cn2ccc3c(CNC)cccc32)o1. The maximum Gasteiger partial charge on any atom is 0.236 e. The smallest absolute Gasteiger partial charge is 0.236 e. The lowest BCUT2D eigenvalue weighted by Crippen LogP contribution is -2.05. The Balaban J connectivity index is 1.94. The molecule has 1 N–H and O–H groups in total. The fourth-order valence-corrected chi connectivity index (χ4v) is 2.41. The molecule has 0 unspecified atom stereocenters. The van der Waals surface area contributed by atoms with E-state index in [0.29, 0.717) is 18.3 Å². The molecular weight excluding hydrogens is 252 g/mol. The lowest BCUT2D eigenvalue weighted by molar-refractivity contribution is 0.444. The molecule has 5 nitrogen and oxygen atoms in total. The molecular formula is C15H18N4O. The Hall–Kier alpha value is -2.14. The van der Waals surface area contributed by atoms with E-state index in [0.717, 1.165) is 13.0 Å². The Kier molecular flexibility index (Phi) is 3.52. The van der Waals surface area contributed by atoms with Gasteiger partial charge in [0, 0.05) is 30.1 Å². The minimum absolute atomic E-state index is 0.611. The van der Waals surface area contributed by atoms with Crippen molar-refractivity contribution in [2.75, 3.05) is 7.05 Å². The molecule has 3 rings (SSSR count). The maximum atomic E-state index is 5.58. The van der Waals surface area contributed by atoms with Gasteiger partial charge in [0.05, 0.1) is 0 Å². The van der Waals surface area contributed by atoms with Crippen LogP contribution in [0.3, 0.4) is 0 Å². The quantitative estimate of drug-likeness (QED) is 0.773. The molecule has 0 saturated heterocycles. The number of nitrogens with zero attached hydrogens (tertiary/aromatic N) is 3. The van der Waals surface area contributed by atoms with Crippen LogP contribution >= 0.6 is 0 Å². The number of nitrogens with one attached hydrogen (secondary N) is 1. The zero-order valence-corrected chi connectivity index (χ0v) is 11.8. The van der Waals surface area contributed by atoms with Crippen LogP contribution in [0.2, 0.25) is 0 Å². The summed E-state index contributed by atoms with van der Waals surface area (Å²) in [5.41, 5.74) is 2.48. The van der Waals surface area contributed by atoms with Gasteiger partial charge in [0.1, 0.15) is 6.54 Å². The summed E-state index contributed by atoms with van der Waals surface area (Å²) < 4.78 is 7.72. The van der Waals surface area contributed by atoms with E-state index in [2.05, 4.69) is 50.5 Å². The summed E-state index contributed by atoms with van der Waals surface area (Å²) in [7, 11) is 1.96. The van der Waals surface area contributed by atoms with Crippen molar-refractivity contribution in [1.29, 1.82) is 0 Å². The summed E-state index contributed by atoms with van der Waals surface area (Å²) in [5, 5.41) is 12.5. The second-order valence-electron chi connectivity index (χ2n) is 4.77. The highest BCUT2D eigenvalue weighted by Gasteiger charge is 2.09. The van der Waals surface area contributed by atoms with E-state index in [1.54, 1.807) is 0 Å². The summed E-state index contributed by atoms with van der Waals surface area (Å²) in [6, 6.07) is 8.48. The molecule has 1 aromatic carbocycles. The van der Waals surface area contributed by atoms with Crippen molar-refractivity contribution in [3.8, 4) is 0 Å². The molecule has 0 fully saturated rings. The third kappa shape index (κ3) is 2.32. The molecule has 0 aliphatic heterocycles. The molecule has 0 spiro atoms. The molecule has 0 saturated carbocycles. The summed E-state index contributed by atoms with van der Waals surface area (Å²) >= 11 is 0. The van der Waals surface area contributed by atoms with E-state index in [4.69, 9.17) is 4.42 Å². The van der Waals surface area contributed by atoms with Crippen molar-refractivity contribution in [2.45, 2.75) is 26.4 Å². The summed E-state index contributed by atoms with van der Waals surface area (Å²) in [6.07, 6.45) is 2.84. The number of rotatable bonds is 5. The standard InChI is InChI=1S/C15H18N4O/c1-3-14-17-18-15(20-14)10-19-8-7-12-11(9-16-2)5-4-6-13(12)19/h4-8,16H,3,9-10H2,1-2H3. The molecule has 0 aliphatic carbocycles. The van der Waals surface area contributed by atoms with E-state index in [-0.39, 0.29) is 0 Å². The largest absolute Gasteiger partial charge is 0.423 e. The lowest BCUT2D eigenvalue weighted by Gasteiger charge is -2.05. The van der Waals surface area contributed by atoms with Gasteiger partial charge in [-0.3, -0.25) is 0 Å². The van der Waals surface area contributed by atoms with Crippen LogP contribution in [0.4, 0.5) is 0 Å². The van der Waals surface area contributed by atoms with E-state index >= 15 is 0 Å². The third-order valence-corrected chi connectivity index (χ3v) is 3.39. The van der Waals surface area contributed by atoms with E-state index in [1.165, 1.54) is 16.5 Å². The van der Waals surface area contributed by atoms with Crippen LogP contribution in [0.15, 0.2) is 34.9 Å². The molecule has 0 atom stereocenters. The first-order valence-electron chi connectivity index (χ1n) is 6.84. The average molecular weight is 270 g/mol. The van der Waals surface area contributed by atoms with Gasteiger partial charge in [-0.2, -0.15) is 0 Å². The first-order chi connectivity index (χ1) is 9.81. The highest BCUT2D eigenvalue weighted by molar-refractivity contribution is 5.83. The predicted octanol–water partition coefficient (Wildman–Crippen LogP) is 2.35. The second kappa shape index (κ2) is 5.46. The van der Waals surface area contributed by atoms with Crippen molar-refractivity contribution >= 4 is 10.9 Å². The Labute approximate surface area is 117 Å². The molecule has 0 aliphatic rings. The van der Waals surface area contributed by atoms with Gasteiger partial charge in [0.25, 0.3) is 0 Å². The van der Waals surface area contributed by atoms with Crippen molar-refractivity contribution in [2.24, 2.45) is 0 Å².